The van der Waals surface area contributed by atoms with Crippen molar-refractivity contribution in [3.05, 3.63) is 0 Å². The third-order valence-corrected chi connectivity index (χ3v) is 4.78. The number of hydrogen-bond acceptors (Lipinski definition) is 3. The van der Waals surface area contributed by atoms with E-state index in [-0.39, 0.29) is 0 Å². The molecule has 1 heterocycles. The summed E-state index contributed by atoms with van der Waals surface area (Å²) in [5, 5.41) is 7.55. The highest BCUT2D eigenvalue weighted by Crippen LogP contribution is 2.25. The van der Waals surface area contributed by atoms with Crippen LogP contribution in [0.4, 0.5) is 0 Å². The SMILES string of the molecule is CN=C(NCCN(C)C(C)C)NCC1CCCS1. The fourth-order valence-corrected chi connectivity index (χ4v) is 3.05. The predicted octanol–water partition coefficient (Wildman–Crippen LogP) is 1.39. The van der Waals surface area contributed by atoms with Crippen molar-refractivity contribution in [3.8, 4) is 0 Å². The molecule has 1 atom stereocenters. The van der Waals surface area contributed by atoms with Crippen molar-refractivity contribution in [2.24, 2.45) is 4.99 Å². The maximum Gasteiger partial charge on any atom is 0.191 e. The van der Waals surface area contributed by atoms with Gasteiger partial charge in [-0.15, -0.1) is 0 Å². The second-order valence-corrected chi connectivity index (χ2v) is 6.50. The lowest BCUT2D eigenvalue weighted by atomic mass is 10.2. The first-order chi connectivity index (χ1) is 8.63. The molecule has 1 fully saturated rings. The topological polar surface area (TPSA) is 39.7 Å². The number of rotatable bonds is 6. The number of nitrogens with zero attached hydrogens (tertiary/aromatic N) is 2. The standard InChI is InChI=1S/C13H28N4S/c1-11(2)17(4)8-7-15-13(14-3)16-10-12-6-5-9-18-12/h11-12H,5-10H2,1-4H3,(H2,14,15,16). The van der Waals surface area contributed by atoms with Crippen LogP contribution in [-0.2, 0) is 0 Å². The molecule has 0 aromatic heterocycles. The molecule has 0 bridgehead atoms. The largest absolute Gasteiger partial charge is 0.355 e. The molecule has 1 aliphatic rings. The monoisotopic (exact) mass is 272 g/mol. The van der Waals surface area contributed by atoms with Gasteiger partial charge < -0.3 is 15.5 Å². The lowest BCUT2D eigenvalue weighted by Crippen LogP contribution is -2.43. The molecule has 0 amide bonds. The molecule has 0 aliphatic carbocycles. The van der Waals surface area contributed by atoms with E-state index < -0.39 is 0 Å². The average molecular weight is 272 g/mol. The van der Waals surface area contributed by atoms with E-state index in [9.17, 15) is 0 Å². The number of hydrogen-bond donors (Lipinski definition) is 2. The minimum absolute atomic E-state index is 0.594. The van der Waals surface area contributed by atoms with Gasteiger partial charge in [0.15, 0.2) is 5.96 Å². The number of thioether (sulfide) groups is 1. The van der Waals surface area contributed by atoms with Crippen LogP contribution in [-0.4, -0.2) is 61.6 Å². The molecular formula is C13H28N4S. The zero-order valence-electron chi connectivity index (χ0n) is 12.2. The first-order valence-corrected chi connectivity index (χ1v) is 7.94. The Bertz CT molecular complexity index is 249. The number of likely N-dealkylation sites (N-methyl/N-ethyl adjacent to an activating group) is 1. The van der Waals surface area contributed by atoms with Crippen molar-refractivity contribution in [2.45, 2.75) is 38.0 Å². The zero-order chi connectivity index (χ0) is 13.4. The summed E-state index contributed by atoms with van der Waals surface area (Å²) in [5.74, 6) is 2.25. The van der Waals surface area contributed by atoms with E-state index >= 15 is 0 Å². The Kier molecular flexibility index (Phi) is 7.51. The normalized spacial score (nSPS) is 20.8. The molecule has 0 saturated carbocycles. The summed E-state index contributed by atoms with van der Waals surface area (Å²) in [5.41, 5.74) is 0. The second-order valence-electron chi connectivity index (χ2n) is 5.09. The minimum atomic E-state index is 0.594. The van der Waals surface area contributed by atoms with Gasteiger partial charge in [-0.1, -0.05) is 0 Å². The van der Waals surface area contributed by atoms with Crippen molar-refractivity contribution in [2.75, 3.05) is 39.5 Å². The molecule has 5 heteroatoms. The average Bonchev–Trinajstić information content (AvgIpc) is 2.86. The summed E-state index contributed by atoms with van der Waals surface area (Å²) in [7, 11) is 3.99. The third-order valence-electron chi connectivity index (χ3n) is 3.38. The molecule has 0 radical (unpaired) electrons. The van der Waals surface area contributed by atoms with Crippen LogP contribution in [0.2, 0.25) is 0 Å². The van der Waals surface area contributed by atoms with Gasteiger partial charge in [0.1, 0.15) is 0 Å². The maximum absolute atomic E-state index is 4.26. The molecular weight excluding hydrogens is 244 g/mol. The highest BCUT2D eigenvalue weighted by atomic mass is 32.2. The van der Waals surface area contributed by atoms with Crippen LogP contribution in [0.15, 0.2) is 4.99 Å². The molecule has 0 aromatic carbocycles. The molecule has 1 aliphatic heterocycles. The van der Waals surface area contributed by atoms with Crippen LogP contribution in [0.3, 0.4) is 0 Å². The Hall–Kier alpha value is -0.420. The van der Waals surface area contributed by atoms with Gasteiger partial charge in [0.2, 0.25) is 0 Å². The van der Waals surface area contributed by atoms with Gasteiger partial charge in [-0.25, -0.2) is 0 Å². The van der Waals surface area contributed by atoms with Crippen molar-refractivity contribution in [1.82, 2.24) is 15.5 Å². The van der Waals surface area contributed by atoms with Gasteiger partial charge in [-0.3, -0.25) is 4.99 Å². The molecule has 0 spiro atoms. The first-order valence-electron chi connectivity index (χ1n) is 6.90. The first kappa shape index (κ1) is 15.6. The molecule has 1 unspecified atom stereocenters. The van der Waals surface area contributed by atoms with Crippen LogP contribution in [0.25, 0.3) is 0 Å². The lowest BCUT2D eigenvalue weighted by molar-refractivity contribution is 0.278. The Morgan fingerprint density at radius 2 is 2.22 bits per heavy atom. The summed E-state index contributed by atoms with van der Waals surface area (Å²) < 4.78 is 0. The Labute approximate surface area is 116 Å². The fraction of sp³-hybridized carbons (Fsp3) is 0.923. The Morgan fingerprint density at radius 3 is 2.78 bits per heavy atom. The van der Waals surface area contributed by atoms with Crippen LogP contribution >= 0.6 is 11.8 Å². The second kappa shape index (κ2) is 8.64. The lowest BCUT2D eigenvalue weighted by Gasteiger charge is -2.22. The molecule has 106 valence electrons. The van der Waals surface area contributed by atoms with Crippen molar-refractivity contribution >= 4 is 17.7 Å². The van der Waals surface area contributed by atoms with Crippen molar-refractivity contribution in [3.63, 3.8) is 0 Å². The van der Waals surface area contributed by atoms with Crippen LogP contribution in [0.1, 0.15) is 26.7 Å². The quantitative estimate of drug-likeness (QED) is 0.566. The highest BCUT2D eigenvalue weighted by molar-refractivity contribution is 8.00. The molecule has 2 N–H and O–H groups in total. The molecule has 4 nitrogen and oxygen atoms in total. The van der Waals surface area contributed by atoms with Crippen LogP contribution in [0.5, 0.6) is 0 Å². The van der Waals surface area contributed by atoms with Gasteiger partial charge in [-0.2, -0.15) is 11.8 Å². The summed E-state index contributed by atoms with van der Waals surface area (Å²) in [6.45, 7) is 7.43. The van der Waals surface area contributed by atoms with E-state index in [1.165, 1.54) is 18.6 Å². The smallest absolute Gasteiger partial charge is 0.191 e. The Morgan fingerprint density at radius 1 is 1.44 bits per heavy atom. The van der Waals surface area contributed by atoms with Gasteiger partial charge in [0, 0.05) is 38.0 Å². The van der Waals surface area contributed by atoms with Crippen molar-refractivity contribution in [1.29, 1.82) is 0 Å². The van der Waals surface area contributed by atoms with E-state index in [0.29, 0.717) is 6.04 Å². The van der Waals surface area contributed by atoms with Crippen molar-refractivity contribution < 1.29 is 0 Å². The third kappa shape index (κ3) is 5.96. The highest BCUT2D eigenvalue weighted by Gasteiger charge is 2.15. The fourth-order valence-electron chi connectivity index (χ4n) is 1.85. The van der Waals surface area contributed by atoms with Crippen LogP contribution < -0.4 is 10.6 Å². The van der Waals surface area contributed by atoms with Gasteiger partial charge in [-0.05, 0) is 39.5 Å². The van der Waals surface area contributed by atoms with Gasteiger partial charge in [0.25, 0.3) is 0 Å². The van der Waals surface area contributed by atoms with Crippen LogP contribution in [0, 0.1) is 0 Å². The summed E-state index contributed by atoms with van der Waals surface area (Å²) in [6, 6.07) is 0.594. The molecule has 1 rings (SSSR count). The van der Waals surface area contributed by atoms with Gasteiger partial charge >= 0.3 is 0 Å². The number of nitrogens with one attached hydrogen (secondary N) is 2. The zero-order valence-corrected chi connectivity index (χ0v) is 13.0. The maximum atomic E-state index is 4.26. The molecule has 1 saturated heterocycles. The summed E-state index contributed by atoms with van der Waals surface area (Å²) in [4.78, 5) is 6.58. The van der Waals surface area contributed by atoms with Gasteiger partial charge in [0.05, 0.1) is 0 Å². The van der Waals surface area contributed by atoms with E-state index in [2.05, 4.69) is 53.2 Å². The van der Waals surface area contributed by atoms with E-state index in [1.54, 1.807) is 0 Å². The minimum Gasteiger partial charge on any atom is -0.355 e. The summed E-state index contributed by atoms with van der Waals surface area (Å²) >= 11 is 2.07. The summed E-state index contributed by atoms with van der Waals surface area (Å²) in [6.07, 6.45) is 2.70. The number of aliphatic imine (C=N–C) groups is 1. The van der Waals surface area contributed by atoms with E-state index in [0.717, 1.165) is 30.8 Å². The Balaban J connectivity index is 2.13. The van der Waals surface area contributed by atoms with E-state index in [4.69, 9.17) is 0 Å². The van der Waals surface area contributed by atoms with E-state index in [1.807, 2.05) is 7.05 Å². The number of guanidine groups is 1. The molecule has 0 aromatic rings. The molecule has 18 heavy (non-hydrogen) atoms. The predicted molar refractivity (Wildman–Crippen MR) is 82.6 cm³/mol.